The van der Waals surface area contributed by atoms with Crippen LogP contribution in [0.5, 0.6) is 0 Å². The lowest BCUT2D eigenvalue weighted by Crippen LogP contribution is -2.33. The first-order valence-corrected chi connectivity index (χ1v) is 7.77. The number of hydrogen-bond donors (Lipinski definition) is 1. The van der Waals surface area contributed by atoms with Crippen LogP contribution >= 0.6 is 23.1 Å². The molecular weight excluding hydrogens is 264 g/mol. The standard InChI is InChI=1S/C13H16N2OS2/c1-3-9(2)14-12(16)8-17-13-15-10-6-4-5-7-11(10)18-13/h4-7,9H,3,8H2,1-2H3,(H,14,16)/t9-/m0/s1. The highest BCUT2D eigenvalue weighted by molar-refractivity contribution is 8.01. The highest BCUT2D eigenvalue weighted by Crippen LogP contribution is 2.28. The van der Waals surface area contributed by atoms with Gasteiger partial charge < -0.3 is 5.32 Å². The summed E-state index contributed by atoms with van der Waals surface area (Å²) in [7, 11) is 0. The van der Waals surface area contributed by atoms with Crippen molar-refractivity contribution < 1.29 is 4.79 Å². The van der Waals surface area contributed by atoms with Crippen LogP contribution in [0.25, 0.3) is 10.2 Å². The topological polar surface area (TPSA) is 42.0 Å². The van der Waals surface area contributed by atoms with Crippen molar-refractivity contribution in [2.75, 3.05) is 5.75 Å². The number of hydrogen-bond acceptors (Lipinski definition) is 4. The summed E-state index contributed by atoms with van der Waals surface area (Å²) in [6, 6.07) is 8.27. The Bertz CT molecular complexity index is 506. The summed E-state index contributed by atoms with van der Waals surface area (Å²) in [5.74, 6) is 0.512. The van der Waals surface area contributed by atoms with Crippen LogP contribution in [0.2, 0.25) is 0 Å². The second kappa shape index (κ2) is 6.20. The Hall–Kier alpha value is -1.07. The Kier molecular flexibility index (Phi) is 4.60. The normalized spacial score (nSPS) is 12.6. The van der Waals surface area contributed by atoms with Gasteiger partial charge in [0.2, 0.25) is 5.91 Å². The Morgan fingerprint density at radius 2 is 2.28 bits per heavy atom. The molecule has 0 saturated heterocycles. The summed E-state index contributed by atoms with van der Waals surface area (Å²) in [4.78, 5) is 16.1. The average Bonchev–Trinajstić information content (AvgIpc) is 2.79. The SMILES string of the molecule is CC[C@H](C)NC(=O)CSc1nc2ccccc2s1. The van der Waals surface area contributed by atoms with E-state index in [1.165, 1.54) is 16.5 Å². The van der Waals surface area contributed by atoms with Crippen molar-refractivity contribution in [2.45, 2.75) is 30.6 Å². The number of thiazole rings is 1. The highest BCUT2D eigenvalue weighted by Gasteiger charge is 2.09. The summed E-state index contributed by atoms with van der Waals surface area (Å²) >= 11 is 3.14. The molecule has 0 bridgehead atoms. The van der Waals surface area contributed by atoms with Gasteiger partial charge in [-0.3, -0.25) is 4.79 Å². The molecule has 1 aromatic carbocycles. The smallest absolute Gasteiger partial charge is 0.230 e. The van der Waals surface area contributed by atoms with Crippen molar-refractivity contribution in [2.24, 2.45) is 0 Å². The molecule has 0 aliphatic rings. The molecule has 2 rings (SSSR count). The fraction of sp³-hybridized carbons (Fsp3) is 0.385. The summed E-state index contributed by atoms with van der Waals surface area (Å²) in [6.45, 7) is 4.08. The van der Waals surface area contributed by atoms with Gasteiger partial charge in [0.1, 0.15) is 0 Å². The molecule has 0 fully saturated rings. The summed E-state index contributed by atoms with van der Waals surface area (Å²) in [6.07, 6.45) is 0.956. The Balaban J connectivity index is 1.92. The number of nitrogens with one attached hydrogen (secondary N) is 1. The number of fused-ring (bicyclic) bond motifs is 1. The van der Waals surface area contributed by atoms with E-state index in [4.69, 9.17) is 0 Å². The molecule has 0 aliphatic heterocycles. The van der Waals surface area contributed by atoms with Gasteiger partial charge in [-0.15, -0.1) is 11.3 Å². The zero-order chi connectivity index (χ0) is 13.0. The van der Waals surface area contributed by atoms with Crippen LogP contribution in [0, 0.1) is 0 Å². The molecule has 1 atom stereocenters. The van der Waals surface area contributed by atoms with E-state index in [0.717, 1.165) is 16.3 Å². The zero-order valence-electron chi connectivity index (χ0n) is 10.5. The molecule has 1 N–H and O–H groups in total. The van der Waals surface area contributed by atoms with E-state index in [1.807, 2.05) is 25.1 Å². The van der Waals surface area contributed by atoms with Crippen molar-refractivity contribution in [3.05, 3.63) is 24.3 Å². The van der Waals surface area contributed by atoms with Gasteiger partial charge in [0.05, 0.1) is 16.0 Å². The quantitative estimate of drug-likeness (QED) is 0.854. The lowest BCUT2D eigenvalue weighted by molar-refractivity contribution is -0.119. The minimum atomic E-state index is 0.0774. The fourth-order valence-corrected chi connectivity index (χ4v) is 3.34. The molecule has 1 amide bonds. The van der Waals surface area contributed by atoms with Crippen LogP contribution in [0.15, 0.2) is 28.6 Å². The summed E-state index contributed by atoms with van der Waals surface area (Å²) in [5.41, 5.74) is 1.01. The molecule has 0 aliphatic carbocycles. The van der Waals surface area contributed by atoms with Crippen LogP contribution in [-0.2, 0) is 4.79 Å². The number of para-hydroxylation sites is 1. The van der Waals surface area contributed by atoms with Gasteiger partial charge in [-0.05, 0) is 25.5 Å². The third-order valence-corrected chi connectivity index (χ3v) is 4.80. The van der Waals surface area contributed by atoms with Crippen molar-refractivity contribution in [1.29, 1.82) is 0 Å². The summed E-state index contributed by atoms with van der Waals surface area (Å²) in [5, 5.41) is 2.95. The van der Waals surface area contributed by atoms with E-state index in [9.17, 15) is 4.79 Å². The molecule has 5 heteroatoms. The molecule has 1 aromatic heterocycles. The molecule has 96 valence electrons. The maximum absolute atomic E-state index is 11.6. The van der Waals surface area contributed by atoms with Gasteiger partial charge in [-0.25, -0.2) is 4.98 Å². The van der Waals surface area contributed by atoms with Crippen molar-refractivity contribution >= 4 is 39.2 Å². The number of carbonyl (C=O) groups excluding carboxylic acids is 1. The number of amides is 1. The van der Waals surface area contributed by atoms with Crippen LogP contribution in [0.1, 0.15) is 20.3 Å². The molecule has 3 nitrogen and oxygen atoms in total. The minimum Gasteiger partial charge on any atom is -0.353 e. The van der Waals surface area contributed by atoms with E-state index < -0.39 is 0 Å². The molecule has 18 heavy (non-hydrogen) atoms. The van der Waals surface area contributed by atoms with E-state index in [1.54, 1.807) is 11.3 Å². The maximum Gasteiger partial charge on any atom is 0.230 e. The van der Waals surface area contributed by atoms with E-state index in [0.29, 0.717) is 5.75 Å². The van der Waals surface area contributed by atoms with Gasteiger partial charge >= 0.3 is 0 Å². The monoisotopic (exact) mass is 280 g/mol. The number of nitrogens with zero attached hydrogens (tertiary/aromatic N) is 1. The second-order valence-electron chi connectivity index (χ2n) is 4.11. The third-order valence-electron chi connectivity index (χ3n) is 2.62. The molecule has 0 radical (unpaired) electrons. The first-order chi connectivity index (χ1) is 8.69. The average molecular weight is 280 g/mol. The predicted molar refractivity (Wildman–Crippen MR) is 78.2 cm³/mol. The number of rotatable bonds is 5. The van der Waals surface area contributed by atoms with E-state index in [2.05, 4.69) is 23.3 Å². The Labute approximate surface area is 115 Å². The maximum atomic E-state index is 11.6. The predicted octanol–water partition coefficient (Wildman–Crippen LogP) is 3.30. The highest BCUT2D eigenvalue weighted by atomic mass is 32.2. The van der Waals surface area contributed by atoms with Crippen molar-refractivity contribution in [3.8, 4) is 0 Å². The number of benzene rings is 1. The van der Waals surface area contributed by atoms with Crippen LogP contribution < -0.4 is 5.32 Å². The molecule has 0 unspecified atom stereocenters. The minimum absolute atomic E-state index is 0.0774. The lowest BCUT2D eigenvalue weighted by atomic mass is 10.3. The Morgan fingerprint density at radius 3 is 3.00 bits per heavy atom. The van der Waals surface area contributed by atoms with Gasteiger partial charge in [-0.1, -0.05) is 30.8 Å². The lowest BCUT2D eigenvalue weighted by Gasteiger charge is -2.10. The number of carbonyl (C=O) groups is 1. The number of thioether (sulfide) groups is 1. The molecule has 0 spiro atoms. The Morgan fingerprint density at radius 1 is 1.50 bits per heavy atom. The van der Waals surface area contributed by atoms with Gasteiger partial charge in [-0.2, -0.15) is 0 Å². The van der Waals surface area contributed by atoms with Gasteiger partial charge in [0.25, 0.3) is 0 Å². The third kappa shape index (κ3) is 3.46. The van der Waals surface area contributed by atoms with Crippen molar-refractivity contribution in [3.63, 3.8) is 0 Å². The van der Waals surface area contributed by atoms with Crippen LogP contribution in [0.3, 0.4) is 0 Å². The second-order valence-corrected chi connectivity index (χ2v) is 6.37. The van der Waals surface area contributed by atoms with Gasteiger partial charge in [0.15, 0.2) is 4.34 Å². The first-order valence-electron chi connectivity index (χ1n) is 5.96. The fourth-order valence-electron chi connectivity index (χ4n) is 1.46. The molecule has 2 aromatic rings. The number of aromatic nitrogens is 1. The van der Waals surface area contributed by atoms with Crippen LogP contribution in [-0.4, -0.2) is 22.7 Å². The zero-order valence-corrected chi connectivity index (χ0v) is 12.1. The van der Waals surface area contributed by atoms with E-state index >= 15 is 0 Å². The van der Waals surface area contributed by atoms with Gasteiger partial charge in [0, 0.05) is 6.04 Å². The first kappa shape index (κ1) is 13.4. The van der Waals surface area contributed by atoms with Crippen molar-refractivity contribution in [1.82, 2.24) is 10.3 Å². The molecule has 0 saturated carbocycles. The van der Waals surface area contributed by atoms with Crippen LogP contribution in [0.4, 0.5) is 0 Å². The molecule has 1 heterocycles. The summed E-state index contributed by atoms with van der Waals surface area (Å²) < 4.78 is 2.12. The largest absolute Gasteiger partial charge is 0.353 e. The molecular formula is C13H16N2OS2. The van der Waals surface area contributed by atoms with E-state index in [-0.39, 0.29) is 11.9 Å².